The Labute approximate surface area is 214 Å². The van der Waals surface area contributed by atoms with Crippen molar-refractivity contribution in [2.24, 2.45) is 0 Å². The number of benzene rings is 3. The van der Waals surface area contributed by atoms with Gasteiger partial charge in [0.15, 0.2) is 0 Å². The van der Waals surface area contributed by atoms with Gasteiger partial charge in [-0.3, -0.25) is 14.1 Å². The maximum atomic E-state index is 13.6. The number of rotatable bonds is 5. The van der Waals surface area contributed by atoms with Crippen LogP contribution >= 0.6 is 19.4 Å². The Morgan fingerprint density at radius 2 is 1.78 bits per heavy atom. The summed E-state index contributed by atoms with van der Waals surface area (Å²) in [7, 11) is -4.76. The molecule has 1 aliphatic heterocycles. The summed E-state index contributed by atoms with van der Waals surface area (Å²) in [4.78, 5) is 46.6. The highest BCUT2D eigenvalue weighted by Crippen LogP contribution is 2.47. The third-order valence-electron chi connectivity index (χ3n) is 6.09. The van der Waals surface area contributed by atoms with Crippen LogP contribution in [0.5, 0.6) is 0 Å². The highest BCUT2D eigenvalue weighted by Gasteiger charge is 2.32. The SMILES string of the molecule is Cc1ccccc1C(=O)Nc1ccc(C(=O)N2CCC[C@@H](OP(=O)(O)O)c3cc(Cl)ccc32)c(C)c1. The number of aryl methyl sites for hydroxylation is 2. The number of nitrogens with one attached hydrogen (secondary N) is 1. The molecule has 0 radical (unpaired) electrons. The molecule has 3 aromatic carbocycles. The van der Waals surface area contributed by atoms with E-state index in [1.165, 1.54) is 0 Å². The number of nitrogens with zero attached hydrogens (tertiary/aromatic N) is 1. The molecule has 4 rings (SSSR count). The smallest absolute Gasteiger partial charge is 0.322 e. The third kappa shape index (κ3) is 5.86. The molecule has 1 atom stereocenters. The average Bonchev–Trinajstić information content (AvgIpc) is 2.97. The van der Waals surface area contributed by atoms with Crippen molar-refractivity contribution in [2.45, 2.75) is 32.8 Å². The van der Waals surface area contributed by atoms with Crippen LogP contribution in [0.25, 0.3) is 0 Å². The van der Waals surface area contributed by atoms with E-state index in [-0.39, 0.29) is 11.8 Å². The van der Waals surface area contributed by atoms with E-state index < -0.39 is 13.9 Å². The summed E-state index contributed by atoms with van der Waals surface area (Å²) in [5, 5.41) is 3.24. The Morgan fingerprint density at radius 3 is 2.47 bits per heavy atom. The second-order valence-corrected chi connectivity index (χ2v) is 10.3. The number of phosphoric acid groups is 1. The van der Waals surface area contributed by atoms with Gasteiger partial charge in [0.2, 0.25) is 0 Å². The predicted octanol–water partition coefficient (Wildman–Crippen LogP) is 5.80. The monoisotopic (exact) mass is 528 g/mol. The van der Waals surface area contributed by atoms with E-state index in [2.05, 4.69) is 5.32 Å². The maximum Gasteiger partial charge on any atom is 0.470 e. The summed E-state index contributed by atoms with van der Waals surface area (Å²) in [6.45, 7) is 3.99. The molecule has 0 bridgehead atoms. The van der Waals surface area contributed by atoms with Gasteiger partial charge in [-0.1, -0.05) is 29.8 Å². The number of phosphoric ester groups is 1. The fourth-order valence-electron chi connectivity index (χ4n) is 4.38. The van der Waals surface area contributed by atoms with E-state index in [0.29, 0.717) is 58.0 Å². The number of hydrogen-bond acceptors (Lipinski definition) is 4. The van der Waals surface area contributed by atoms with E-state index in [1.54, 1.807) is 60.4 Å². The molecule has 1 aliphatic rings. The number of fused-ring (bicyclic) bond motifs is 1. The van der Waals surface area contributed by atoms with Crippen LogP contribution in [0.3, 0.4) is 0 Å². The van der Waals surface area contributed by atoms with Crippen molar-refractivity contribution in [2.75, 3.05) is 16.8 Å². The van der Waals surface area contributed by atoms with Gasteiger partial charge in [-0.25, -0.2) is 4.57 Å². The Morgan fingerprint density at radius 1 is 1.03 bits per heavy atom. The number of hydrogen-bond donors (Lipinski definition) is 3. The van der Waals surface area contributed by atoms with Crippen molar-refractivity contribution in [3.8, 4) is 0 Å². The van der Waals surface area contributed by atoms with E-state index in [4.69, 9.17) is 16.1 Å². The first-order chi connectivity index (χ1) is 17.0. The maximum absolute atomic E-state index is 13.6. The van der Waals surface area contributed by atoms with Crippen molar-refractivity contribution in [3.05, 3.63) is 93.5 Å². The van der Waals surface area contributed by atoms with Crippen molar-refractivity contribution in [1.82, 2.24) is 0 Å². The van der Waals surface area contributed by atoms with E-state index in [0.717, 1.165) is 5.56 Å². The van der Waals surface area contributed by atoms with Crippen LogP contribution in [0.2, 0.25) is 5.02 Å². The van der Waals surface area contributed by atoms with Crippen molar-refractivity contribution < 1.29 is 28.5 Å². The molecule has 2 amide bonds. The summed E-state index contributed by atoms with van der Waals surface area (Å²) in [6, 6.07) is 17.2. The fourth-order valence-corrected chi connectivity index (χ4v) is 5.11. The number of carbonyl (C=O) groups is 2. The normalized spacial score (nSPS) is 15.7. The predicted molar refractivity (Wildman–Crippen MR) is 139 cm³/mol. The van der Waals surface area contributed by atoms with Gasteiger partial charge in [0.25, 0.3) is 11.8 Å². The van der Waals surface area contributed by atoms with Gasteiger partial charge in [0.05, 0.1) is 6.10 Å². The lowest BCUT2D eigenvalue weighted by Crippen LogP contribution is -2.32. The lowest BCUT2D eigenvalue weighted by molar-refractivity contribution is 0.0984. The minimum absolute atomic E-state index is 0.235. The minimum Gasteiger partial charge on any atom is -0.322 e. The molecule has 0 aromatic heterocycles. The van der Waals surface area contributed by atoms with Gasteiger partial charge < -0.3 is 20.0 Å². The summed E-state index contributed by atoms with van der Waals surface area (Å²) in [5.74, 6) is -0.509. The molecule has 8 nitrogen and oxygen atoms in total. The van der Waals surface area contributed by atoms with E-state index in [1.807, 2.05) is 19.1 Å². The first-order valence-corrected chi connectivity index (χ1v) is 13.3. The second kappa shape index (κ2) is 10.5. The van der Waals surface area contributed by atoms with Crippen LogP contribution in [0.4, 0.5) is 11.4 Å². The summed E-state index contributed by atoms with van der Waals surface area (Å²) >= 11 is 6.16. The van der Waals surface area contributed by atoms with Crippen molar-refractivity contribution in [1.29, 1.82) is 0 Å². The van der Waals surface area contributed by atoms with Crippen LogP contribution in [-0.4, -0.2) is 28.1 Å². The Bertz CT molecular complexity index is 1370. The number of carbonyl (C=O) groups excluding carboxylic acids is 2. The van der Waals surface area contributed by atoms with Crippen LogP contribution in [-0.2, 0) is 9.09 Å². The quantitative estimate of drug-likeness (QED) is 0.360. The van der Waals surface area contributed by atoms with Crippen LogP contribution in [0.15, 0.2) is 60.7 Å². The summed E-state index contributed by atoms with van der Waals surface area (Å²) < 4.78 is 16.6. The zero-order chi connectivity index (χ0) is 26.0. The Balaban J connectivity index is 1.61. The average molecular weight is 529 g/mol. The summed E-state index contributed by atoms with van der Waals surface area (Å²) in [6.07, 6.45) is -0.130. The molecule has 3 N–H and O–H groups in total. The molecule has 1 heterocycles. The van der Waals surface area contributed by atoms with Gasteiger partial charge in [-0.2, -0.15) is 0 Å². The van der Waals surface area contributed by atoms with E-state index in [9.17, 15) is 23.9 Å². The highest BCUT2D eigenvalue weighted by atomic mass is 35.5. The second-order valence-electron chi connectivity index (χ2n) is 8.69. The zero-order valence-electron chi connectivity index (χ0n) is 19.8. The van der Waals surface area contributed by atoms with Crippen LogP contribution < -0.4 is 10.2 Å². The van der Waals surface area contributed by atoms with Crippen LogP contribution in [0, 0.1) is 13.8 Å². The number of halogens is 1. The first kappa shape index (κ1) is 26.1. The zero-order valence-corrected chi connectivity index (χ0v) is 21.4. The molecule has 188 valence electrons. The fraction of sp³-hybridized carbons (Fsp3) is 0.231. The van der Waals surface area contributed by atoms with Gasteiger partial charge >= 0.3 is 7.82 Å². The van der Waals surface area contributed by atoms with Crippen LogP contribution in [0.1, 0.15) is 56.4 Å². The third-order valence-corrected chi connectivity index (χ3v) is 6.85. The van der Waals surface area contributed by atoms with Crippen molar-refractivity contribution >= 4 is 42.6 Å². The number of anilines is 2. The molecule has 10 heteroatoms. The lowest BCUT2D eigenvalue weighted by Gasteiger charge is -2.25. The largest absolute Gasteiger partial charge is 0.470 e. The molecule has 0 aliphatic carbocycles. The molecule has 0 saturated heterocycles. The van der Waals surface area contributed by atoms with Gasteiger partial charge in [0.1, 0.15) is 0 Å². The molecule has 36 heavy (non-hydrogen) atoms. The molecule has 0 unspecified atom stereocenters. The van der Waals surface area contributed by atoms with E-state index >= 15 is 0 Å². The van der Waals surface area contributed by atoms with Gasteiger partial charge in [-0.05, 0) is 80.3 Å². The molecule has 0 spiro atoms. The topological polar surface area (TPSA) is 116 Å². The minimum atomic E-state index is -4.76. The molecule has 0 saturated carbocycles. The van der Waals surface area contributed by atoms with Gasteiger partial charge in [-0.15, -0.1) is 0 Å². The molecule has 0 fully saturated rings. The van der Waals surface area contributed by atoms with Gasteiger partial charge in [0, 0.05) is 39.6 Å². The summed E-state index contributed by atoms with van der Waals surface area (Å²) in [5.41, 5.74) is 4.04. The highest BCUT2D eigenvalue weighted by molar-refractivity contribution is 7.46. The number of amides is 2. The standard InChI is InChI=1S/C26H26ClN2O6P/c1-16-6-3-4-7-20(16)25(30)28-19-10-11-21(17(2)14-19)26(31)29-13-5-8-24(35-36(32,33)34)22-15-18(27)9-12-23(22)29/h3-4,6-7,9-12,14-15,24H,5,8,13H2,1-2H3,(H,28,30)(H2,32,33,34)/t24-/m1/s1. The first-order valence-electron chi connectivity index (χ1n) is 11.4. The molecular weight excluding hydrogens is 503 g/mol. The lowest BCUT2D eigenvalue weighted by atomic mass is 10.0. The molecule has 3 aromatic rings. The Kier molecular flexibility index (Phi) is 7.64. The Hall–Kier alpha value is -3.00. The van der Waals surface area contributed by atoms with Crippen molar-refractivity contribution in [3.63, 3.8) is 0 Å². The molecular formula is C26H26ClN2O6P.